The van der Waals surface area contributed by atoms with Crippen LogP contribution in [0, 0.1) is 17.5 Å². The van der Waals surface area contributed by atoms with Gasteiger partial charge in [-0.3, -0.25) is 0 Å². The first-order valence-electron chi connectivity index (χ1n) is 11.4. The van der Waals surface area contributed by atoms with Crippen molar-refractivity contribution in [3.63, 3.8) is 0 Å². The smallest absolute Gasteiger partial charge is 0.190 e. The number of rotatable bonds is 8. The Balaban J connectivity index is 1.61. The van der Waals surface area contributed by atoms with Crippen LogP contribution in [0.4, 0.5) is 13.2 Å². The lowest BCUT2D eigenvalue weighted by Crippen LogP contribution is -1.95. The van der Waals surface area contributed by atoms with Crippen LogP contribution in [0.15, 0.2) is 66.7 Å². The molecule has 33 heavy (non-hydrogen) atoms. The Morgan fingerprint density at radius 1 is 0.697 bits per heavy atom. The van der Waals surface area contributed by atoms with Gasteiger partial charge in [-0.1, -0.05) is 74.7 Å². The van der Waals surface area contributed by atoms with E-state index in [9.17, 15) is 8.78 Å². The summed E-state index contributed by atoms with van der Waals surface area (Å²) in [6.07, 6.45) is 6.05. The highest BCUT2D eigenvalue weighted by Crippen LogP contribution is 2.34. The number of fused-ring (bicyclic) bond motifs is 1. The van der Waals surface area contributed by atoms with Crippen LogP contribution in [0.2, 0.25) is 0 Å². The van der Waals surface area contributed by atoms with Crippen LogP contribution >= 0.6 is 0 Å². The van der Waals surface area contributed by atoms with Crippen molar-refractivity contribution in [2.45, 2.75) is 39.0 Å². The highest BCUT2D eigenvalue weighted by molar-refractivity contribution is 5.91. The fraction of sp³-hybridized carbons (Fsp3) is 0.241. The zero-order valence-corrected chi connectivity index (χ0v) is 18.9. The molecule has 0 amide bonds. The molecule has 0 saturated heterocycles. The Morgan fingerprint density at radius 2 is 1.39 bits per heavy atom. The predicted molar refractivity (Wildman–Crippen MR) is 129 cm³/mol. The second-order valence-corrected chi connectivity index (χ2v) is 8.34. The minimum Gasteiger partial charge on any atom is -0.491 e. The van der Waals surface area contributed by atoms with Crippen molar-refractivity contribution in [2.24, 2.45) is 0 Å². The van der Waals surface area contributed by atoms with Crippen molar-refractivity contribution in [1.82, 2.24) is 0 Å². The molecule has 0 heterocycles. The molecular formula is C29H27F3O. The standard InChI is InChI=1S/C29H27F3O/c1-3-4-5-6-7-19-8-10-20(11-9-19)21-12-14-24-22(16-21)13-15-25(28(24)32)23-17-26(30)29(33-2)27(31)18-23/h8-18H,3-7H2,1-2H3. The van der Waals surface area contributed by atoms with Gasteiger partial charge in [0.1, 0.15) is 5.82 Å². The van der Waals surface area contributed by atoms with Gasteiger partial charge < -0.3 is 4.74 Å². The first-order chi connectivity index (χ1) is 16.0. The number of aryl methyl sites for hydroxylation is 1. The molecule has 0 bridgehead atoms. The summed E-state index contributed by atoms with van der Waals surface area (Å²) < 4.78 is 48.3. The molecule has 4 aromatic rings. The van der Waals surface area contributed by atoms with E-state index in [1.54, 1.807) is 18.2 Å². The van der Waals surface area contributed by atoms with E-state index in [0.29, 0.717) is 5.39 Å². The summed E-state index contributed by atoms with van der Waals surface area (Å²) in [5, 5.41) is 1.13. The van der Waals surface area contributed by atoms with Crippen LogP contribution in [0.3, 0.4) is 0 Å². The zero-order valence-electron chi connectivity index (χ0n) is 18.9. The van der Waals surface area contributed by atoms with E-state index < -0.39 is 23.2 Å². The van der Waals surface area contributed by atoms with Crippen molar-refractivity contribution >= 4 is 10.8 Å². The lowest BCUT2D eigenvalue weighted by atomic mass is 9.96. The van der Waals surface area contributed by atoms with Crippen molar-refractivity contribution in [1.29, 1.82) is 0 Å². The number of ether oxygens (including phenoxy) is 1. The molecule has 0 saturated carbocycles. The molecule has 4 rings (SSSR count). The van der Waals surface area contributed by atoms with Gasteiger partial charge >= 0.3 is 0 Å². The summed E-state index contributed by atoms with van der Waals surface area (Å²) in [5.41, 5.74) is 3.66. The van der Waals surface area contributed by atoms with Crippen LogP contribution in [0.25, 0.3) is 33.0 Å². The minimum absolute atomic E-state index is 0.129. The molecule has 4 heteroatoms. The number of hydrogen-bond donors (Lipinski definition) is 0. The molecule has 0 aromatic heterocycles. The zero-order chi connectivity index (χ0) is 23.4. The molecule has 0 aliphatic carbocycles. The predicted octanol–water partition coefficient (Wildman–Crippen LogP) is 8.72. The van der Waals surface area contributed by atoms with Crippen LogP contribution in [-0.2, 0) is 6.42 Å². The van der Waals surface area contributed by atoms with Crippen molar-refractivity contribution in [3.05, 3.63) is 89.7 Å². The molecule has 0 atom stereocenters. The number of benzene rings is 4. The van der Waals surface area contributed by atoms with Gasteiger partial charge in [0.05, 0.1) is 7.11 Å². The molecule has 1 nitrogen and oxygen atoms in total. The van der Waals surface area contributed by atoms with E-state index >= 15 is 4.39 Å². The molecule has 4 aromatic carbocycles. The van der Waals surface area contributed by atoms with Gasteiger partial charge in [-0.15, -0.1) is 0 Å². The highest BCUT2D eigenvalue weighted by atomic mass is 19.1. The number of unbranched alkanes of at least 4 members (excludes halogenated alkanes) is 3. The lowest BCUT2D eigenvalue weighted by Gasteiger charge is -2.11. The maximum absolute atomic E-state index is 15.3. The minimum atomic E-state index is -0.865. The normalized spacial score (nSPS) is 11.2. The Hall–Kier alpha value is -3.27. The van der Waals surface area contributed by atoms with Gasteiger partial charge in [0, 0.05) is 10.9 Å². The summed E-state index contributed by atoms with van der Waals surface area (Å²) in [4.78, 5) is 0. The first kappa shape index (κ1) is 22.9. The lowest BCUT2D eigenvalue weighted by molar-refractivity contribution is 0.360. The van der Waals surface area contributed by atoms with E-state index in [1.807, 2.05) is 12.1 Å². The molecule has 0 radical (unpaired) electrons. The van der Waals surface area contributed by atoms with E-state index in [4.69, 9.17) is 4.74 Å². The molecule has 0 unspecified atom stereocenters. The molecule has 170 valence electrons. The van der Waals surface area contributed by atoms with Crippen LogP contribution in [-0.4, -0.2) is 7.11 Å². The van der Waals surface area contributed by atoms with E-state index in [-0.39, 0.29) is 11.1 Å². The van der Waals surface area contributed by atoms with Crippen molar-refractivity contribution < 1.29 is 17.9 Å². The molecular weight excluding hydrogens is 421 g/mol. The fourth-order valence-electron chi connectivity index (χ4n) is 4.22. The third-order valence-corrected chi connectivity index (χ3v) is 6.07. The Kier molecular flexibility index (Phi) is 7.02. The molecule has 0 aliphatic heterocycles. The van der Waals surface area contributed by atoms with E-state index in [0.717, 1.165) is 35.1 Å². The number of halogens is 3. The fourth-order valence-corrected chi connectivity index (χ4v) is 4.22. The Bertz CT molecular complexity index is 1240. The van der Waals surface area contributed by atoms with Crippen molar-refractivity contribution in [2.75, 3.05) is 7.11 Å². The van der Waals surface area contributed by atoms with E-state index in [1.165, 1.54) is 38.4 Å². The monoisotopic (exact) mass is 448 g/mol. The average molecular weight is 449 g/mol. The second kappa shape index (κ2) is 10.1. The molecule has 0 spiro atoms. The highest BCUT2D eigenvalue weighted by Gasteiger charge is 2.16. The van der Waals surface area contributed by atoms with Gasteiger partial charge in [-0.25, -0.2) is 13.2 Å². The van der Waals surface area contributed by atoms with Gasteiger partial charge in [0.15, 0.2) is 17.4 Å². The number of hydrogen-bond acceptors (Lipinski definition) is 1. The Morgan fingerprint density at radius 3 is 2.06 bits per heavy atom. The Labute approximate surface area is 192 Å². The summed E-state index contributed by atoms with van der Waals surface area (Å²) in [7, 11) is 1.19. The summed E-state index contributed by atoms with van der Waals surface area (Å²) in [5.74, 6) is -2.71. The van der Waals surface area contributed by atoms with E-state index in [2.05, 4.69) is 31.2 Å². The van der Waals surface area contributed by atoms with Crippen LogP contribution in [0.5, 0.6) is 5.75 Å². The number of methoxy groups -OCH3 is 1. The quantitative estimate of drug-likeness (QED) is 0.245. The van der Waals surface area contributed by atoms with Gasteiger partial charge in [-0.05, 0) is 58.7 Å². The third kappa shape index (κ3) is 4.90. The summed E-state index contributed by atoms with van der Waals surface area (Å²) in [6, 6.07) is 19.6. The maximum atomic E-state index is 15.3. The molecule has 0 N–H and O–H groups in total. The first-order valence-corrected chi connectivity index (χ1v) is 11.4. The average Bonchev–Trinajstić information content (AvgIpc) is 2.82. The second-order valence-electron chi connectivity index (χ2n) is 8.34. The molecule has 0 fully saturated rings. The van der Waals surface area contributed by atoms with Crippen LogP contribution in [0.1, 0.15) is 38.2 Å². The third-order valence-electron chi connectivity index (χ3n) is 6.07. The van der Waals surface area contributed by atoms with Gasteiger partial charge in [0.2, 0.25) is 0 Å². The summed E-state index contributed by atoms with van der Waals surface area (Å²) in [6.45, 7) is 2.21. The van der Waals surface area contributed by atoms with Crippen LogP contribution < -0.4 is 4.74 Å². The summed E-state index contributed by atoms with van der Waals surface area (Å²) >= 11 is 0. The SMILES string of the molecule is CCCCCCc1ccc(-c2ccc3c(F)c(-c4cc(F)c(OC)c(F)c4)ccc3c2)cc1. The van der Waals surface area contributed by atoms with Crippen molar-refractivity contribution in [3.8, 4) is 28.0 Å². The van der Waals surface area contributed by atoms with Gasteiger partial charge in [0.25, 0.3) is 0 Å². The topological polar surface area (TPSA) is 9.23 Å². The van der Waals surface area contributed by atoms with Gasteiger partial charge in [-0.2, -0.15) is 0 Å². The largest absolute Gasteiger partial charge is 0.491 e. The maximum Gasteiger partial charge on any atom is 0.190 e. The molecule has 0 aliphatic rings.